The van der Waals surface area contributed by atoms with Crippen molar-refractivity contribution in [1.82, 2.24) is 14.5 Å². The molecule has 0 bridgehead atoms. The molecule has 1 aliphatic rings. The Morgan fingerprint density at radius 2 is 2.11 bits per heavy atom. The van der Waals surface area contributed by atoms with E-state index in [1.54, 1.807) is 6.20 Å². The van der Waals surface area contributed by atoms with E-state index >= 15 is 0 Å². The highest BCUT2D eigenvalue weighted by Gasteiger charge is 2.18. The van der Waals surface area contributed by atoms with Crippen LogP contribution in [0.2, 0.25) is 0 Å². The molecule has 0 aromatic carbocycles. The number of nitrogens with zero attached hydrogens (tertiary/aromatic N) is 3. The summed E-state index contributed by atoms with van der Waals surface area (Å²) in [6.07, 6.45) is 8.11. The average Bonchev–Trinajstić information content (AvgIpc) is 2.82. The third kappa shape index (κ3) is 1.80. The molecule has 1 aliphatic carbocycles. The molecular weight excluding hydrogens is 244 g/mol. The van der Waals surface area contributed by atoms with Crippen LogP contribution in [-0.2, 0) is 12.8 Å². The van der Waals surface area contributed by atoms with Gasteiger partial charge in [0.15, 0.2) is 0 Å². The first-order valence-corrected chi connectivity index (χ1v) is 6.48. The molecule has 0 saturated heterocycles. The monoisotopic (exact) mass is 258 g/mol. The van der Waals surface area contributed by atoms with Crippen LogP contribution in [0, 0.1) is 0 Å². The molecule has 0 fully saturated rings. The maximum absolute atomic E-state index is 5.73. The SMILES string of the molecule is NC(=S)c1ncccc1-n1cnc2c1CCCC2. The number of hydrogen-bond acceptors (Lipinski definition) is 3. The van der Waals surface area contributed by atoms with Gasteiger partial charge in [-0.2, -0.15) is 0 Å². The first kappa shape index (κ1) is 11.3. The summed E-state index contributed by atoms with van der Waals surface area (Å²) in [4.78, 5) is 9.08. The Morgan fingerprint density at radius 3 is 2.94 bits per heavy atom. The van der Waals surface area contributed by atoms with Crippen LogP contribution in [0.5, 0.6) is 0 Å². The fourth-order valence-electron chi connectivity index (χ4n) is 2.46. The zero-order valence-corrected chi connectivity index (χ0v) is 10.8. The lowest BCUT2D eigenvalue weighted by Gasteiger charge is -2.15. The van der Waals surface area contributed by atoms with Crippen LogP contribution in [0.4, 0.5) is 0 Å². The Hall–Kier alpha value is -1.75. The Kier molecular flexibility index (Phi) is 2.83. The summed E-state index contributed by atoms with van der Waals surface area (Å²) >= 11 is 5.06. The summed E-state index contributed by atoms with van der Waals surface area (Å²) in [5.74, 6) is 0. The highest BCUT2D eigenvalue weighted by Crippen LogP contribution is 2.24. The van der Waals surface area contributed by atoms with E-state index in [9.17, 15) is 0 Å². The lowest BCUT2D eigenvalue weighted by atomic mass is 10.0. The second kappa shape index (κ2) is 4.49. The highest BCUT2D eigenvalue weighted by atomic mass is 32.1. The van der Waals surface area contributed by atoms with Crippen molar-refractivity contribution in [3.05, 3.63) is 41.7 Å². The number of rotatable bonds is 2. The molecule has 18 heavy (non-hydrogen) atoms. The normalized spacial score (nSPS) is 14.2. The van der Waals surface area contributed by atoms with Crippen LogP contribution in [0.25, 0.3) is 5.69 Å². The lowest BCUT2D eigenvalue weighted by Crippen LogP contribution is -2.16. The van der Waals surface area contributed by atoms with Gasteiger partial charge in [0.05, 0.1) is 17.7 Å². The Bertz CT molecular complexity index is 603. The minimum atomic E-state index is 0.323. The van der Waals surface area contributed by atoms with Gasteiger partial charge in [-0.05, 0) is 37.8 Å². The van der Waals surface area contributed by atoms with Crippen molar-refractivity contribution in [2.75, 3.05) is 0 Å². The fourth-order valence-corrected chi connectivity index (χ4v) is 2.62. The third-order valence-corrected chi connectivity index (χ3v) is 3.50. The quantitative estimate of drug-likeness (QED) is 0.834. The van der Waals surface area contributed by atoms with Crippen molar-refractivity contribution in [1.29, 1.82) is 0 Å². The summed E-state index contributed by atoms with van der Waals surface area (Å²) < 4.78 is 2.08. The van der Waals surface area contributed by atoms with Crippen molar-refractivity contribution in [3.8, 4) is 5.69 Å². The van der Waals surface area contributed by atoms with Crippen LogP contribution in [-0.4, -0.2) is 19.5 Å². The number of nitrogens with two attached hydrogens (primary N) is 1. The first-order chi connectivity index (χ1) is 8.77. The number of fused-ring (bicyclic) bond motifs is 1. The maximum Gasteiger partial charge on any atom is 0.124 e. The van der Waals surface area contributed by atoms with Crippen LogP contribution in [0.15, 0.2) is 24.7 Å². The molecule has 0 amide bonds. The van der Waals surface area contributed by atoms with E-state index in [0.29, 0.717) is 10.7 Å². The number of thiocarbonyl (C=S) groups is 1. The molecule has 0 saturated carbocycles. The van der Waals surface area contributed by atoms with Crippen LogP contribution in [0.1, 0.15) is 29.9 Å². The summed E-state index contributed by atoms with van der Waals surface area (Å²) in [6, 6.07) is 3.88. The maximum atomic E-state index is 5.73. The van der Waals surface area contributed by atoms with Crippen LogP contribution < -0.4 is 5.73 Å². The zero-order chi connectivity index (χ0) is 12.5. The molecule has 3 rings (SSSR count). The minimum absolute atomic E-state index is 0.323. The molecular formula is C13H14N4S. The van der Waals surface area contributed by atoms with E-state index in [4.69, 9.17) is 18.0 Å². The number of hydrogen-bond donors (Lipinski definition) is 1. The predicted octanol–water partition coefficient (Wildman–Crippen LogP) is 1.78. The lowest BCUT2D eigenvalue weighted by molar-refractivity contribution is 0.655. The van der Waals surface area contributed by atoms with Crippen molar-refractivity contribution in [3.63, 3.8) is 0 Å². The van der Waals surface area contributed by atoms with Crippen molar-refractivity contribution in [2.45, 2.75) is 25.7 Å². The fraction of sp³-hybridized carbons (Fsp3) is 0.308. The van der Waals surface area contributed by atoms with Gasteiger partial charge < -0.3 is 10.3 Å². The first-order valence-electron chi connectivity index (χ1n) is 6.07. The van der Waals surface area contributed by atoms with Crippen molar-refractivity contribution < 1.29 is 0 Å². The largest absolute Gasteiger partial charge is 0.388 e. The molecule has 0 atom stereocenters. The smallest absolute Gasteiger partial charge is 0.124 e. The Balaban J connectivity index is 2.15. The van der Waals surface area contributed by atoms with E-state index in [-0.39, 0.29) is 0 Å². The van der Waals surface area contributed by atoms with Gasteiger partial charge in [-0.25, -0.2) is 4.98 Å². The van der Waals surface area contributed by atoms with E-state index in [2.05, 4.69) is 14.5 Å². The summed E-state index contributed by atoms with van der Waals surface area (Å²) in [5, 5.41) is 0. The molecule has 92 valence electrons. The second-order valence-corrected chi connectivity index (χ2v) is 4.89. The van der Waals surface area contributed by atoms with Gasteiger partial charge in [-0.3, -0.25) is 4.98 Å². The van der Waals surface area contributed by atoms with Crippen molar-refractivity contribution in [2.24, 2.45) is 5.73 Å². The van der Waals surface area contributed by atoms with Gasteiger partial charge in [0, 0.05) is 11.9 Å². The van der Waals surface area contributed by atoms with Gasteiger partial charge >= 0.3 is 0 Å². The predicted molar refractivity (Wildman–Crippen MR) is 73.9 cm³/mol. The Morgan fingerprint density at radius 1 is 1.28 bits per heavy atom. The van der Waals surface area contributed by atoms with Gasteiger partial charge in [0.25, 0.3) is 0 Å². The number of imidazole rings is 1. The van der Waals surface area contributed by atoms with Crippen LogP contribution in [0.3, 0.4) is 0 Å². The number of pyridine rings is 1. The summed E-state index contributed by atoms with van der Waals surface area (Å²) in [5.41, 5.74) is 9.79. The van der Waals surface area contributed by atoms with Crippen molar-refractivity contribution >= 4 is 17.2 Å². The van der Waals surface area contributed by atoms with E-state index in [0.717, 1.165) is 18.5 Å². The molecule has 0 radical (unpaired) electrons. The molecule has 2 heterocycles. The molecule has 0 aliphatic heterocycles. The van der Waals surface area contributed by atoms with Gasteiger partial charge in [0.2, 0.25) is 0 Å². The van der Waals surface area contributed by atoms with Gasteiger partial charge in [-0.1, -0.05) is 12.2 Å². The molecule has 0 unspecified atom stereocenters. The number of aromatic nitrogens is 3. The number of aryl methyl sites for hydroxylation is 1. The topological polar surface area (TPSA) is 56.7 Å². The minimum Gasteiger partial charge on any atom is -0.388 e. The van der Waals surface area contributed by atoms with Crippen LogP contribution >= 0.6 is 12.2 Å². The van der Waals surface area contributed by atoms with E-state index in [1.165, 1.54) is 24.2 Å². The molecule has 0 spiro atoms. The molecule has 4 nitrogen and oxygen atoms in total. The summed E-state index contributed by atoms with van der Waals surface area (Å²) in [7, 11) is 0. The second-order valence-electron chi connectivity index (χ2n) is 4.45. The summed E-state index contributed by atoms with van der Waals surface area (Å²) in [6.45, 7) is 0. The van der Waals surface area contributed by atoms with Gasteiger partial charge in [-0.15, -0.1) is 0 Å². The Labute approximate surface area is 111 Å². The van der Waals surface area contributed by atoms with E-state index in [1.807, 2.05) is 18.5 Å². The molecule has 5 heteroatoms. The molecule has 2 N–H and O–H groups in total. The van der Waals surface area contributed by atoms with E-state index < -0.39 is 0 Å². The highest BCUT2D eigenvalue weighted by molar-refractivity contribution is 7.80. The zero-order valence-electron chi connectivity index (χ0n) is 9.97. The average molecular weight is 258 g/mol. The molecule has 2 aromatic rings. The van der Waals surface area contributed by atoms with Gasteiger partial charge in [0.1, 0.15) is 10.7 Å². The third-order valence-electron chi connectivity index (χ3n) is 3.31. The standard InChI is InChI=1S/C13H14N4S/c14-13(18)12-11(6-3-7-15-12)17-8-16-9-4-1-2-5-10(9)17/h3,6-8H,1-2,4-5H2,(H2,14,18). The molecule has 2 aromatic heterocycles.